The highest BCUT2D eigenvalue weighted by Gasteiger charge is 2.29. The van der Waals surface area contributed by atoms with E-state index in [1.54, 1.807) is 19.1 Å². The normalized spacial score (nSPS) is 14.6. The number of sulfonamides is 1. The minimum Gasteiger partial charge on any atom is -0.330 e. The number of unbranched alkanes of at least 4 members (excludes halogenated alkanes) is 3. The molecular formula is C17H27N3O3S. The molecule has 1 saturated carbocycles. The fourth-order valence-electron chi connectivity index (χ4n) is 2.46. The van der Waals surface area contributed by atoms with Crippen LogP contribution in [0, 0.1) is 6.92 Å². The van der Waals surface area contributed by atoms with Crippen molar-refractivity contribution >= 4 is 21.6 Å². The number of hydrogen-bond acceptors (Lipinski definition) is 4. The van der Waals surface area contributed by atoms with Crippen LogP contribution in [0.15, 0.2) is 23.1 Å². The standard InChI is InChI=1S/C17H27N3O3S/c1-13-7-8-15(19-17(21)6-4-2-3-5-11-18)12-16(13)24(22,23)20-14-9-10-14/h7-8,12,14,20H,2-6,9-11,18H2,1H3,(H,19,21). The van der Waals surface area contributed by atoms with Gasteiger partial charge in [0.25, 0.3) is 0 Å². The minimum absolute atomic E-state index is 0.0566. The van der Waals surface area contributed by atoms with Crippen LogP contribution in [0.4, 0.5) is 5.69 Å². The van der Waals surface area contributed by atoms with E-state index in [0.717, 1.165) is 38.5 Å². The number of amides is 1. The van der Waals surface area contributed by atoms with Crippen molar-refractivity contribution in [3.05, 3.63) is 23.8 Å². The highest BCUT2D eigenvalue weighted by atomic mass is 32.2. The molecule has 6 nitrogen and oxygen atoms in total. The number of benzene rings is 1. The predicted octanol–water partition coefficient (Wildman–Crippen LogP) is 2.28. The van der Waals surface area contributed by atoms with Gasteiger partial charge >= 0.3 is 0 Å². The van der Waals surface area contributed by atoms with Crippen LogP contribution in [0.5, 0.6) is 0 Å². The number of anilines is 1. The summed E-state index contributed by atoms with van der Waals surface area (Å²) in [6.07, 6.45) is 6.01. The van der Waals surface area contributed by atoms with E-state index in [1.165, 1.54) is 6.07 Å². The van der Waals surface area contributed by atoms with Crippen molar-refractivity contribution in [2.75, 3.05) is 11.9 Å². The molecule has 1 aliphatic rings. The van der Waals surface area contributed by atoms with Gasteiger partial charge in [-0.1, -0.05) is 18.9 Å². The summed E-state index contributed by atoms with van der Waals surface area (Å²) in [6.45, 7) is 2.44. The second-order valence-electron chi connectivity index (χ2n) is 6.38. The van der Waals surface area contributed by atoms with E-state index in [9.17, 15) is 13.2 Å². The average Bonchev–Trinajstić information content (AvgIpc) is 3.32. The van der Waals surface area contributed by atoms with Crippen LogP contribution >= 0.6 is 0 Å². The Morgan fingerprint density at radius 3 is 2.58 bits per heavy atom. The molecule has 2 rings (SSSR count). The van der Waals surface area contributed by atoms with Crippen molar-refractivity contribution in [1.82, 2.24) is 4.72 Å². The van der Waals surface area contributed by atoms with Crippen molar-refractivity contribution in [3.63, 3.8) is 0 Å². The summed E-state index contributed by atoms with van der Waals surface area (Å²) in [5, 5.41) is 2.79. The summed E-state index contributed by atoms with van der Waals surface area (Å²) in [7, 11) is -3.53. The molecule has 0 atom stereocenters. The first-order valence-corrected chi connectivity index (χ1v) is 10.0. The Morgan fingerprint density at radius 1 is 1.21 bits per heavy atom. The molecule has 0 bridgehead atoms. The number of nitrogens with two attached hydrogens (primary N) is 1. The van der Waals surface area contributed by atoms with Gasteiger partial charge in [0.1, 0.15) is 0 Å². The first kappa shape index (κ1) is 18.9. The predicted molar refractivity (Wildman–Crippen MR) is 95.3 cm³/mol. The number of carbonyl (C=O) groups is 1. The molecule has 0 aromatic heterocycles. The minimum atomic E-state index is -3.53. The third kappa shape index (κ3) is 5.89. The summed E-state index contributed by atoms with van der Waals surface area (Å²) in [5.74, 6) is -0.0925. The maximum Gasteiger partial charge on any atom is 0.241 e. The Hall–Kier alpha value is -1.44. The highest BCUT2D eigenvalue weighted by molar-refractivity contribution is 7.89. The maximum absolute atomic E-state index is 12.4. The lowest BCUT2D eigenvalue weighted by molar-refractivity contribution is -0.116. The van der Waals surface area contributed by atoms with E-state index < -0.39 is 10.0 Å². The lowest BCUT2D eigenvalue weighted by atomic mass is 10.1. The summed E-state index contributed by atoms with van der Waals surface area (Å²) in [5.41, 5.74) is 6.62. The summed E-state index contributed by atoms with van der Waals surface area (Å²) in [4.78, 5) is 12.2. The van der Waals surface area contributed by atoms with E-state index in [2.05, 4.69) is 10.0 Å². The van der Waals surface area contributed by atoms with Gasteiger partial charge in [-0.05, 0) is 56.8 Å². The smallest absolute Gasteiger partial charge is 0.241 e. The molecule has 0 radical (unpaired) electrons. The SMILES string of the molecule is Cc1ccc(NC(=O)CCCCCCN)cc1S(=O)(=O)NC1CC1. The maximum atomic E-state index is 12.4. The summed E-state index contributed by atoms with van der Waals surface area (Å²) < 4.78 is 27.4. The van der Waals surface area contributed by atoms with Crippen LogP contribution in [0.25, 0.3) is 0 Å². The zero-order valence-corrected chi connectivity index (χ0v) is 15.0. The Bertz CT molecular complexity index is 670. The molecule has 0 saturated heterocycles. The van der Waals surface area contributed by atoms with Gasteiger partial charge in [-0.15, -0.1) is 0 Å². The summed E-state index contributed by atoms with van der Waals surface area (Å²) >= 11 is 0. The van der Waals surface area contributed by atoms with Crippen molar-refractivity contribution in [2.24, 2.45) is 5.73 Å². The average molecular weight is 353 g/mol. The largest absolute Gasteiger partial charge is 0.330 e. The number of rotatable bonds is 10. The molecule has 1 fully saturated rings. The molecule has 24 heavy (non-hydrogen) atoms. The van der Waals surface area contributed by atoms with Crippen LogP contribution in [0.3, 0.4) is 0 Å². The van der Waals surface area contributed by atoms with Crippen LogP contribution in [-0.2, 0) is 14.8 Å². The van der Waals surface area contributed by atoms with E-state index in [4.69, 9.17) is 5.73 Å². The van der Waals surface area contributed by atoms with Gasteiger partial charge in [-0.3, -0.25) is 4.79 Å². The first-order valence-electron chi connectivity index (χ1n) is 8.55. The molecule has 1 aromatic rings. The van der Waals surface area contributed by atoms with Crippen molar-refractivity contribution in [2.45, 2.75) is 62.8 Å². The van der Waals surface area contributed by atoms with Gasteiger partial charge in [0.2, 0.25) is 15.9 Å². The Balaban J connectivity index is 1.93. The molecule has 1 aliphatic carbocycles. The van der Waals surface area contributed by atoms with Crippen LogP contribution in [0.1, 0.15) is 50.5 Å². The Morgan fingerprint density at radius 2 is 1.92 bits per heavy atom. The van der Waals surface area contributed by atoms with Crippen molar-refractivity contribution in [3.8, 4) is 0 Å². The second-order valence-corrected chi connectivity index (χ2v) is 8.06. The molecule has 7 heteroatoms. The van der Waals surface area contributed by atoms with Crippen LogP contribution in [-0.4, -0.2) is 26.9 Å². The molecular weight excluding hydrogens is 326 g/mol. The highest BCUT2D eigenvalue weighted by Crippen LogP contribution is 2.25. The molecule has 0 heterocycles. The molecule has 1 aromatic carbocycles. The fourth-order valence-corrected chi connectivity index (χ4v) is 4.03. The molecule has 134 valence electrons. The molecule has 1 amide bonds. The number of carbonyl (C=O) groups excluding carboxylic acids is 1. The lowest BCUT2D eigenvalue weighted by Crippen LogP contribution is -2.26. The van der Waals surface area contributed by atoms with E-state index >= 15 is 0 Å². The Kier molecular flexibility index (Phi) is 6.77. The number of hydrogen-bond donors (Lipinski definition) is 3. The lowest BCUT2D eigenvalue weighted by Gasteiger charge is -2.11. The zero-order chi connectivity index (χ0) is 17.6. The second kappa shape index (κ2) is 8.60. The topological polar surface area (TPSA) is 101 Å². The molecule has 0 aliphatic heterocycles. The monoisotopic (exact) mass is 353 g/mol. The summed E-state index contributed by atoms with van der Waals surface area (Å²) in [6, 6.07) is 5.05. The van der Waals surface area contributed by atoms with Crippen molar-refractivity contribution < 1.29 is 13.2 Å². The molecule has 4 N–H and O–H groups in total. The van der Waals surface area contributed by atoms with Gasteiger partial charge in [-0.2, -0.15) is 0 Å². The van der Waals surface area contributed by atoms with Crippen LogP contribution in [0.2, 0.25) is 0 Å². The fraction of sp³-hybridized carbons (Fsp3) is 0.588. The first-order chi connectivity index (χ1) is 11.4. The molecule has 0 unspecified atom stereocenters. The van der Waals surface area contributed by atoms with E-state index in [-0.39, 0.29) is 16.8 Å². The van der Waals surface area contributed by atoms with Gasteiger partial charge < -0.3 is 11.1 Å². The number of aryl methyl sites for hydroxylation is 1. The van der Waals surface area contributed by atoms with E-state index in [0.29, 0.717) is 24.2 Å². The number of nitrogens with one attached hydrogen (secondary N) is 2. The van der Waals surface area contributed by atoms with Crippen molar-refractivity contribution in [1.29, 1.82) is 0 Å². The zero-order valence-electron chi connectivity index (χ0n) is 14.2. The third-order valence-electron chi connectivity index (χ3n) is 4.02. The van der Waals surface area contributed by atoms with Gasteiger partial charge in [-0.25, -0.2) is 13.1 Å². The quantitative estimate of drug-likeness (QED) is 0.562. The van der Waals surface area contributed by atoms with Gasteiger partial charge in [0.05, 0.1) is 4.90 Å². The van der Waals surface area contributed by atoms with Crippen LogP contribution < -0.4 is 15.8 Å². The van der Waals surface area contributed by atoms with E-state index in [1.807, 2.05) is 0 Å². The van der Waals surface area contributed by atoms with Gasteiger partial charge in [0.15, 0.2) is 0 Å². The third-order valence-corrected chi connectivity index (χ3v) is 5.68. The Labute approximate surface area is 144 Å². The van der Waals surface area contributed by atoms with Gasteiger partial charge in [0, 0.05) is 18.2 Å². The molecule has 0 spiro atoms.